The number of hydrogen-bond donors (Lipinski definition) is 2. The highest BCUT2D eigenvalue weighted by Gasteiger charge is 2.33. The van der Waals surface area contributed by atoms with Crippen LogP contribution in [-0.4, -0.2) is 40.2 Å². The van der Waals surface area contributed by atoms with Gasteiger partial charge in [0.05, 0.1) is 17.8 Å². The van der Waals surface area contributed by atoms with E-state index in [1.54, 1.807) is 6.20 Å². The molecule has 1 heterocycles. The molecular weight excluding hydrogens is 238 g/mol. The zero-order chi connectivity index (χ0) is 13.8. The summed E-state index contributed by atoms with van der Waals surface area (Å²) in [5, 5.41) is 10.2. The number of pyridine rings is 1. The molecule has 0 aromatic carbocycles. The predicted molar refractivity (Wildman–Crippen MR) is 76.7 cm³/mol. The summed E-state index contributed by atoms with van der Waals surface area (Å²) in [6.07, 6.45) is 5.79. The van der Waals surface area contributed by atoms with Gasteiger partial charge in [0.2, 0.25) is 0 Å². The lowest BCUT2D eigenvalue weighted by Gasteiger charge is -2.41. The monoisotopic (exact) mass is 263 g/mol. The Morgan fingerprint density at radius 1 is 1.37 bits per heavy atom. The van der Waals surface area contributed by atoms with Gasteiger partial charge in [0.15, 0.2) is 0 Å². The van der Waals surface area contributed by atoms with Crippen LogP contribution in [0.3, 0.4) is 0 Å². The van der Waals surface area contributed by atoms with Crippen LogP contribution in [0.4, 0.5) is 0 Å². The van der Waals surface area contributed by atoms with Gasteiger partial charge < -0.3 is 10.8 Å². The molecule has 1 aromatic rings. The van der Waals surface area contributed by atoms with Crippen LogP contribution >= 0.6 is 0 Å². The van der Waals surface area contributed by atoms with Crippen molar-refractivity contribution in [3.8, 4) is 0 Å². The van der Waals surface area contributed by atoms with E-state index in [-0.39, 0.29) is 24.2 Å². The largest absolute Gasteiger partial charge is 0.391 e. The van der Waals surface area contributed by atoms with E-state index in [1.807, 2.05) is 25.1 Å². The van der Waals surface area contributed by atoms with E-state index < -0.39 is 0 Å². The SMILES string of the molecule is CC(N)C(c1ccccn1)N(C)C1CCCCC1O. The van der Waals surface area contributed by atoms with Gasteiger partial charge in [-0.3, -0.25) is 9.88 Å². The van der Waals surface area contributed by atoms with Crippen LogP contribution in [-0.2, 0) is 0 Å². The topological polar surface area (TPSA) is 62.4 Å². The molecule has 0 aliphatic heterocycles. The fourth-order valence-electron chi connectivity index (χ4n) is 3.17. The first-order chi connectivity index (χ1) is 9.11. The lowest BCUT2D eigenvalue weighted by molar-refractivity contribution is 0.00704. The molecule has 3 N–H and O–H groups in total. The van der Waals surface area contributed by atoms with E-state index in [0.29, 0.717) is 0 Å². The summed E-state index contributed by atoms with van der Waals surface area (Å²) in [6.45, 7) is 2.01. The van der Waals surface area contributed by atoms with Crippen LogP contribution < -0.4 is 5.73 Å². The number of rotatable bonds is 4. The molecule has 4 unspecified atom stereocenters. The Morgan fingerprint density at radius 3 is 2.68 bits per heavy atom. The summed E-state index contributed by atoms with van der Waals surface area (Å²) in [4.78, 5) is 6.66. The van der Waals surface area contributed by atoms with Crippen LogP contribution in [0, 0.1) is 0 Å². The molecule has 1 saturated carbocycles. The molecule has 0 spiro atoms. The van der Waals surface area contributed by atoms with Gasteiger partial charge in [0.1, 0.15) is 0 Å². The third-order valence-electron chi connectivity index (χ3n) is 4.14. The molecule has 1 aliphatic rings. The Morgan fingerprint density at radius 2 is 2.11 bits per heavy atom. The molecule has 4 heteroatoms. The summed E-state index contributed by atoms with van der Waals surface area (Å²) >= 11 is 0. The molecule has 2 rings (SSSR count). The van der Waals surface area contributed by atoms with Crippen LogP contribution in [0.5, 0.6) is 0 Å². The van der Waals surface area contributed by atoms with Crippen LogP contribution in [0.2, 0.25) is 0 Å². The van der Waals surface area contributed by atoms with Gasteiger partial charge in [0.25, 0.3) is 0 Å². The minimum atomic E-state index is -0.247. The normalized spacial score (nSPS) is 27.2. The van der Waals surface area contributed by atoms with Gasteiger partial charge in [-0.1, -0.05) is 18.9 Å². The summed E-state index contributed by atoms with van der Waals surface area (Å²) in [7, 11) is 2.06. The maximum atomic E-state index is 10.2. The first-order valence-electron chi connectivity index (χ1n) is 7.17. The molecule has 4 nitrogen and oxygen atoms in total. The van der Waals surface area contributed by atoms with Crippen molar-refractivity contribution >= 4 is 0 Å². The van der Waals surface area contributed by atoms with Crippen molar-refractivity contribution in [2.75, 3.05) is 7.05 Å². The molecule has 0 amide bonds. The Balaban J connectivity index is 2.19. The Labute approximate surface area is 115 Å². The van der Waals surface area contributed by atoms with E-state index in [2.05, 4.69) is 16.9 Å². The molecule has 1 aliphatic carbocycles. The summed E-state index contributed by atoms with van der Waals surface area (Å²) in [6, 6.07) is 6.14. The molecule has 106 valence electrons. The van der Waals surface area contributed by atoms with Gasteiger partial charge in [-0.2, -0.15) is 0 Å². The fourth-order valence-corrected chi connectivity index (χ4v) is 3.17. The number of aliphatic hydroxyl groups is 1. The number of nitrogens with two attached hydrogens (primary N) is 1. The lowest BCUT2D eigenvalue weighted by atomic mass is 9.89. The molecule has 4 atom stereocenters. The fraction of sp³-hybridized carbons (Fsp3) is 0.667. The Hall–Kier alpha value is -0.970. The van der Waals surface area contributed by atoms with E-state index in [9.17, 15) is 5.11 Å². The van der Waals surface area contributed by atoms with Gasteiger partial charge >= 0.3 is 0 Å². The van der Waals surface area contributed by atoms with Crippen molar-refractivity contribution in [3.05, 3.63) is 30.1 Å². The lowest BCUT2D eigenvalue weighted by Crippen LogP contribution is -2.49. The summed E-state index contributed by atoms with van der Waals surface area (Å²) in [5.41, 5.74) is 7.14. The minimum Gasteiger partial charge on any atom is -0.391 e. The molecular formula is C15H25N3O. The maximum absolute atomic E-state index is 10.2. The highest BCUT2D eigenvalue weighted by molar-refractivity contribution is 5.11. The van der Waals surface area contributed by atoms with Crippen molar-refractivity contribution in [1.29, 1.82) is 0 Å². The molecule has 0 bridgehead atoms. The van der Waals surface area contributed by atoms with Gasteiger partial charge in [0, 0.05) is 18.3 Å². The second kappa shape index (κ2) is 6.46. The van der Waals surface area contributed by atoms with E-state index in [1.165, 1.54) is 6.42 Å². The zero-order valence-corrected chi connectivity index (χ0v) is 11.9. The first kappa shape index (κ1) is 14.4. The second-order valence-corrected chi connectivity index (χ2v) is 5.64. The number of aliphatic hydroxyl groups excluding tert-OH is 1. The maximum Gasteiger partial charge on any atom is 0.0695 e. The third kappa shape index (κ3) is 3.32. The van der Waals surface area contributed by atoms with Crippen LogP contribution in [0.1, 0.15) is 44.3 Å². The Bertz CT molecular complexity index is 382. The highest BCUT2D eigenvalue weighted by Crippen LogP contribution is 2.29. The Kier molecular flexibility index (Phi) is 4.91. The standard InChI is InChI=1S/C15H25N3O/c1-11(16)15(12-7-5-6-10-17-12)18(2)13-8-3-4-9-14(13)19/h5-7,10-11,13-15,19H,3-4,8-9,16H2,1-2H3. The number of aromatic nitrogens is 1. The molecule has 1 fully saturated rings. The highest BCUT2D eigenvalue weighted by atomic mass is 16.3. The van der Waals surface area contributed by atoms with E-state index in [0.717, 1.165) is 25.0 Å². The van der Waals surface area contributed by atoms with Gasteiger partial charge in [-0.25, -0.2) is 0 Å². The smallest absolute Gasteiger partial charge is 0.0695 e. The van der Waals surface area contributed by atoms with Crippen molar-refractivity contribution in [2.45, 2.75) is 56.8 Å². The van der Waals surface area contributed by atoms with Gasteiger partial charge in [-0.15, -0.1) is 0 Å². The molecule has 0 saturated heterocycles. The number of nitrogens with zero attached hydrogens (tertiary/aromatic N) is 2. The number of hydrogen-bond acceptors (Lipinski definition) is 4. The van der Waals surface area contributed by atoms with Crippen molar-refractivity contribution in [1.82, 2.24) is 9.88 Å². The van der Waals surface area contributed by atoms with Crippen LogP contribution in [0.15, 0.2) is 24.4 Å². The molecule has 0 radical (unpaired) electrons. The minimum absolute atomic E-state index is 0.0194. The second-order valence-electron chi connectivity index (χ2n) is 5.64. The van der Waals surface area contributed by atoms with Crippen LogP contribution in [0.25, 0.3) is 0 Å². The quantitative estimate of drug-likeness (QED) is 0.868. The average molecular weight is 263 g/mol. The predicted octanol–water partition coefficient (Wildman–Crippen LogP) is 1.71. The van der Waals surface area contributed by atoms with Crippen molar-refractivity contribution < 1.29 is 5.11 Å². The summed E-state index contributed by atoms with van der Waals surface area (Å²) < 4.78 is 0. The third-order valence-corrected chi connectivity index (χ3v) is 4.14. The van der Waals surface area contributed by atoms with Crippen molar-refractivity contribution in [2.24, 2.45) is 5.73 Å². The summed E-state index contributed by atoms with van der Waals surface area (Å²) in [5.74, 6) is 0. The average Bonchev–Trinajstić information content (AvgIpc) is 2.40. The molecule has 1 aromatic heterocycles. The first-order valence-corrected chi connectivity index (χ1v) is 7.17. The molecule has 19 heavy (non-hydrogen) atoms. The van der Waals surface area contributed by atoms with Crippen molar-refractivity contribution in [3.63, 3.8) is 0 Å². The van der Waals surface area contributed by atoms with E-state index >= 15 is 0 Å². The number of likely N-dealkylation sites (N-methyl/N-ethyl adjacent to an activating group) is 1. The zero-order valence-electron chi connectivity index (χ0n) is 11.9. The van der Waals surface area contributed by atoms with Gasteiger partial charge in [-0.05, 0) is 38.9 Å². The van der Waals surface area contributed by atoms with E-state index in [4.69, 9.17) is 5.73 Å².